The highest BCUT2D eigenvalue weighted by Crippen LogP contribution is 2.08. The molecule has 0 fully saturated rings. The molecule has 0 aliphatic rings. The lowest BCUT2D eigenvalue weighted by molar-refractivity contribution is -0.131. The Kier molecular flexibility index (Phi) is 6.45. The molecule has 0 atom stereocenters. The van der Waals surface area contributed by atoms with Crippen LogP contribution in [0.2, 0.25) is 0 Å². The van der Waals surface area contributed by atoms with Crippen molar-refractivity contribution in [3.63, 3.8) is 0 Å². The molecule has 1 aromatic carbocycles. The Morgan fingerprint density at radius 2 is 2.05 bits per heavy atom. The van der Waals surface area contributed by atoms with E-state index >= 15 is 0 Å². The minimum Gasteiger partial charge on any atom is -0.467 e. The van der Waals surface area contributed by atoms with Crippen LogP contribution in [0.1, 0.15) is 11.3 Å². The van der Waals surface area contributed by atoms with Gasteiger partial charge in [0.25, 0.3) is 0 Å². The zero-order valence-corrected chi connectivity index (χ0v) is 12.7. The molecule has 4 heteroatoms. The number of hydrogen-bond donors (Lipinski definition) is 1. The van der Waals surface area contributed by atoms with E-state index in [0.717, 1.165) is 12.2 Å². The Bertz CT molecular complexity index is 564. The van der Waals surface area contributed by atoms with Crippen LogP contribution < -0.4 is 5.32 Å². The second-order valence-electron chi connectivity index (χ2n) is 5.05. The SMILES string of the molecule is C=CCNCC(=O)N(CCc1ccccc1)Cc1ccco1. The van der Waals surface area contributed by atoms with Gasteiger partial charge in [0.2, 0.25) is 5.91 Å². The Morgan fingerprint density at radius 1 is 1.23 bits per heavy atom. The molecule has 1 heterocycles. The van der Waals surface area contributed by atoms with E-state index in [9.17, 15) is 4.79 Å². The minimum absolute atomic E-state index is 0.0641. The van der Waals surface area contributed by atoms with Gasteiger partial charge in [-0.3, -0.25) is 4.79 Å². The first-order valence-corrected chi connectivity index (χ1v) is 7.45. The molecule has 116 valence electrons. The molecule has 0 aliphatic carbocycles. The average molecular weight is 298 g/mol. The molecule has 22 heavy (non-hydrogen) atoms. The molecule has 2 aromatic rings. The van der Waals surface area contributed by atoms with Crippen molar-refractivity contribution in [1.82, 2.24) is 10.2 Å². The van der Waals surface area contributed by atoms with Crippen LogP contribution in [0.5, 0.6) is 0 Å². The molecule has 0 aliphatic heterocycles. The Balaban J connectivity index is 1.94. The van der Waals surface area contributed by atoms with Crippen molar-refractivity contribution in [2.24, 2.45) is 0 Å². The lowest BCUT2D eigenvalue weighted by Crippen LogP contribution is -2.39. The second kappa shape index (κ2) is 8.85. The first kappa shape index (κ1) is 16.0. The molecule has 2 rings (SSSR count). The summed E-state index contributed by atoms with van der Waals surface area (Å²) >= 11 is 0. The largest absolute Gasteiger partial charge is 0.467 e. The molecule has 0 saturated carbocycles. The van der Waals surface area contributed by atoms with Gasteiger partial charge in [-0.25, -0.2) is 0 Å². The highest BCUT2D eigenvalue weighted by Gasteiger charge is 2.14. The summed E-state index contributed by atoms with van der Waals surface area (Å²) in [5.41, 5.74) is 1.22. The third-order valence-corrected chi connectivity index (χ3v) is 3.36. The van der Waals surface area contributed by atoms with Gasteiger partial charge in [0.05, 0.1) is 19.4 Å². The van der Waals surface area contributed by atoms with E-state index in [0.29, 0.717) is 26.2 Å². The zero-order valence-electron chi connectivity index (χ0n) is 12.7. The van der Waals surface area contributed by atoms with Gasteiger partial charge in [0.1, 0.15) is 5.76 Å². The van der Waals surface area contributed by atoms with Gasteiger partial charge in [0.15, 0.2) is 0 Å². The summed E-state index contributed by atoms with van der Waals surface area (Å²) in [6.07, 6.45) is 4.20. The van der Waals surface area contributed by atoms with E-state index in [1.54, 1.807) is 12.3 Å². The minimum atomic E-state index is 0.0641. The average Bonchev–Trinajstić information content (AvgIpc) is 3.05. The summed E-state index contributed by atoms with van der Waals surface area (Å²) in [5.74, 6) is 0.860. The topological polar surface area (TPSA) is 45.5 Å². The van der Waals surface area contributed by atoms with Crippen LogP contribution in [0, 0.1) is 0 Å². The van der Waals surface area contributed by atoms with Crippen molar-refractivity contribution < 1.29 is 9.21 Å². The maximum absolute atomic E-state index is 12.4. The monoisotopic (exact) mass is 298 g/mol. The third-order valence-electron chi connectivity index (χ3n) is 3.36. The predicted molar refractivity (Wildman–Crippen MR) is 87.3 cm³/mol. The first-order chi connectivity index (χ1) is 10.8. The molecule has 0 saturated heterocycles. The number of nitrogens with zero attached hydrogens (tertiary/aromatic N) is 1. The van der Waals surface area contributed by atoms with Gasteiger partial charge in [-0.1, -0.05) is 36.4 Å². The lowest BCUT2D eigenvalue weighted by Gasteiger charge is -2.22. The molecule has 0 unspecified atom stereocenters. The number of carbonyl (C=O) groups is 1. The van der Waals surface area contributed by atoms with Gasteiger partial charge in [-0.15, -0.1) is 6.58 Å². The van der Waals surface area contributed by atoms with Crippen LogP contribution in [0.4, 0.5) is 0 Å². The number of benzene rings is 1. The Hall–Kier alpha value is -2.33. The van der Waals surface area contributed by atoms with Crippen molar-refractivity contribution in [2.45, 2.75) is 13.0 Å². The van der Waals surface area contributed by atoms with Gasteiger partial charge in [-0.05, 0) is 24.1 Å². The van der Waals surface area contributed by atoms with Crippen molar-refractivity contribution in [3.05, 3.63) is 72.7 Å². The number of furan rings is 1. The summed E-state index contributed by atoms with van der Waals surface area (Å²) < 4.78 is 5.36. The molecule has 0 spiro atoms. The zero-order chi connectivity index (χ0) is 15.6. The van der Waals surface area contributed by atoms with Gasteiger partial charge in [-0.2, -0.15) is 0 Å². The number of rotatable bonds is 9. The number of amides is 1. The van der Waals surface area contributed by atoms with Gasteiger partial charge >= 0.3 is 0 Å². The van der Waals surface area contributed by atoms with Crippen LogP contribution in [-0.4, -0.2) is 30.4 Å². The summed E-state index contributed by atoms with van der Waals surface area (Å²) in [5, 5.41) is 3.05. The lowest BCUT2D eigenvalue weighted by atomic mass is 10.1. The molecule has 4 nitrogen and oxygen atoms in total. The summed E-state index contributed by atoms with van der Waals surface area (Å²) in [4.78, 5) is 14.2. The number of carbonyl (C=O) groups excluding carboxylic acids is 1. The van der Waals surface area contributed by atoms with Crippen LogP contribution in [0.25, 0.3) is 0 Å². The smallest absolute Gasteiger partial charge is 0.236 e. The van der Waals surface area contributed by atoms with E-state index in [2.05, 4.69) is 24.0 Å². The summed E-state index contributed by atoms with van der Waals surface area (Å²) in [6, 6.07) is 13.9. The van der Waals surface area contributed by atoms with Crippen molar-refractivity contribution in [1.29, 1.82) is 0 Å². The van der Waals surface area contributed by atoms with Crippen LogP contribution in [0.15, 0.2) is 65.8 Å². The summed E-state index contributed by atoms with van der Waals surface area (Å²) in [7, 11) is 0. The number of hydrogen-bond acceptors (Lipinski definition) is 3. The second-order valence-corrected chi connectivity index (χ2v) is 5.05. The van der Waals surface area contributed by atoms with E-state index in [1.807, 2.05) is 35.2 Å². The van der Waals surface area contributed by atoms with Crippen molar-refractivity contribution in [2.75, 3.05) is 19.6 Å². The Labute approximate surface area is 131 Å². The summed E-state index contributed by atoms with van der Waals surface area (Å²) in [6.45, 7) is 5.73. The molecule has 1 amide bonds. The predicted octanol–water partition coefficient (Wildman–Crippen LogP) is 2.63. The van der Waals surface area contributed by atoms with E-state index < -0.39 is 0 Å². The molecule has 0 bridgehead atoms. The standard InChI is InChI=1S/C18H22N2O2/c1-2-11-19-14-18(21)20(15-17-9-6-13-22-17)12-10-16-7-4-3-5-8-16/h2-9,13,19H,1,10-12,14-15H2. The molecule has 0 radical (unpaired) electrons. The van der Waals surface area contributed by atoms with Crippen molar-refractivity contribution in [3.8, 4) is 0 Å². The van der Waals surface area contributed by atoms with Crippen LogP contribution in [-0.2, 0) is 17.8 Å². The fourth-order valence-electron chi connectivity index (χ4n) is 2.18. The molecular weight excluding hydrogens is 276 g/mol. The van der Waals surface area contributed by atoms with Crippen LogP contribution in [0.3, 0.4) is 0 Å². The van der Waals surface area contributed by atoms with Crippen LogP contribution >= 0.6 is 0 Å². The van der Waals surface area contributed by atoms with E-state index in [-0.39, 0.29) is 5.91 Å². The third kappa shape index (κ3) is 5.22. The maximum Gasteiger partial charge on any atom is 0.236 e. The van der Waals surface area contributed by atoms with E-state index in [1.165, 1.54) is 5.56 Å². The normalized spacial score (nSPS) is 10.4. The highest BCUT2D eigenvalue weighted by molar-refractivity contribution is 5.78. The quantitative estimate of drug-likeness (QED) is 0.572. The Morgan fingerprint density at radius 3 is 2.73 bits per heavy atom. The molecule has 1 N–H and O–H groups in total. The van der Waals surface area contributed by atoms with E-state index in [4.69, 9.17) is 4.42 Å². The fraction of sp³-hybridized carbons (Fsp3) is 0.278. The van der Waals surface area contributed by atoms with Gasteiger partial charge < -0.3 is 14.6 Å². The fourth-order valence-corrected chi connectivity index (χ4v) is 2.18. The number of nitrogens with one attached hydrogen (secondary N) is 1. The molecule has 1 aromatic heterocycles. The first-order valence-electron chi connectivity index (χ1n) is 7.45. The molecular formula is C18H22N2O2. The maximum atomic E-state index is 12.4. The highest BCUT2D eigenvalue weighted by atomic mass is 16.3. The van der Waals surface area contributed by atoms with Crippen molar-refractivity contribution >= 4 is 5.91 Å². The van der Waals surface area contributed by atoms with Gasteiger partial charge in [0, 0.05) is 13.1 Å².